The second-order valence-electron chi connectivity index (χ2n) is 11.5. The third kappa shape index (κ3) is 9.47. The first-order chi connectivity index (χ1) is 15.7. The molecule has 0 amide bonds. The third-order valence-electron chi connectivity index (χ3n) is 4.56. The molecule has 0 fully saturated rings. The Balaban J connectivity index is 0.00000432. The van der Waals surface area contributed by atoms with Crippen LogP contribution in [0.4, 0.5) is 0 Å². The molecule has 0 aliphatic carbocycles. The fourth-order valence-corrected chi connectivity index (χ4v) is 5.73. The van der Waals surface area contributed by atoms with Crippen LogP contribution in [0.5, 0.6) is 17.2 Å². The zero-order valence-corrected chi connectivity index (χ0v) is 25.1. The quantitative estimate of drug-likeness (QED) is 0.332. The lowest BCUT2D eigenvalue weighted by Crippen LogP contribution is -2.25. The zero-order valence-electron chi connectivity index (χ0n) is 22.8. The SMILES string of the molecule is CC(C)(C)Oc1ccc(P(c2ccc(OC(C)(C)C)cc2)c2ccc(OC(C)(C)C)cc2)cc1.P. The lowest BCUT2D eigenvalue weighted by atomic mass is 10.2. The Morgan fingerprint density at radius 2 is 0.600 bits per heavy atom. The fraction of sp³-hybridized carbons (Fsp3) is 0.400. The summed E-state index contributed by atoms with van der Waals surface area (Å²) in [6.45, 7) is 18.6. The van der Waals surface area contributed by atoms with Gasteiger partial charge in [-0.3, -0.25) is 0 Å². The highest BCUT2D eigenvalue weighted by Gasteiger charge is 2.20. The van der Waals surface area contributed by atoms with Gasteiger partial charge in [0.2, 0.25) is 0 Å². The fourth-order valence-electron chi connectivity index (χ4n) is 3.50. The number of rotatable bonds is 6. The number of hydrogen-bond acceptors (Lipinski definition) is 3. The van der Waals surface area contributed by atoms with E-state index in [2.05, 4.69) is 135 Å². The van der Waals surface area contributed by atoms with Crippen molar-refractivity contribution in [2.24, 2.45) is 0 Å². The molecule has 3 aromatic rings. The summed E-state index contributed by atoms with van der Waals surface area (Å²) >= 11 is 0. The van der Waals surface area contributed by atoms with Gasteiger partial charge in [0.15, 0.2) is 0 Å². The highest BCUT2D eigenvalue weighted by molar-refractivity contribution is 7.79. The summed E-state index contributed by atoms with van der Waals surface area (Å²) in [6.07, 6.45) is 0. The molecule has 0 saturated carbocycles. The Morgan fingerprint density at radius 1 is 0.400 bits per heavy atom. The smallest absolute Gasteiger partial charge is 0.120 e. The van der Waals surface area contributed by atoms with Crippen LogP contribution in [0.1, 0.15) is 62.3 Å². The second kappa shape index (κ2) is 11.3. The van der Waals surface area contributed by atoms with Crippen molar-refractivity contribution in [2.45, 2.75) is 79.1 Å². The summed E-state index contributed by atoms with van der Waals surface area (Å²) in [5.74, 6) is 2.65. The van der Waals surface area contributed by atoms with E-state index in [9.17, 15) is 0 Å². The molecule has 1 atom stereocenters. The summed E-state index contributed by atoms with van der Waals surface area (Å²) in [4.78, 5) is 0. The molecule has 0 saturated heterocycles. The van der Waals surface area contributed by atoms with Crippen molar-refractivity contribution in [2.75, 3.05) is 0 Å². The maximum Gasteiger partial charge on any atom is 0.120 e. The Hall–Kier alpha value is -2.08. The third-order valence-corrected chi connectivity index (χ3v) is 7.00. The van der Waals surface area contributed by atoms with Crippen LogP contribution in [0.15, 0.2) is 72.8 Å². The van der Waals surface area contributed by atoms with Crippen LogP contribution in [0.2, 0.25) is 0 Å². The highest BCUT2D eigenvalue weighted by Crippen LogP contribution is 2.35. The molecule has 0 aromatic heterocycles. The molecule has 3 aromatic carbocycles. The van der Waals surface area contributed by atoms with E-state index in [1.165, 1.54) is 15.9 Å². The Morgan fingerprint density at radius 3 is 0.771 bits per heavy atom. The van der Waals surface area contributed by atoms with Crippen LogP contribution in [-0.2, 0) is 0 Å². The van der Waals surface area contributed by atoms with E-state index in [0.717, 1.165) is 17.2 Å². The number of hydrogen-bond donors (Lipinski definition) is 0. The molecule has 190 valence electrons. The molecule has 0 aliphatic heterocycles. The van der Waals surface area contributed by atoms with Crippen LogP contribution in [0, 0.1) is 0 Å². The summed E-state index contributed by atoms with van der Waals surface area (Å²) in [6, 6.07) is 25.6. The molecule has 0 bridgehead atoms. The molecule has 0 spiro atoms. The highest BCUT2D eigenvalue weighted by atomic mass is 31.1. The van der Waals surface area contributed by atoms with Gasteiger partial charge in [0, 0.05) is 0 Å². The van der Waals surface area contributed by atoms with Gasteiger partial charge in [-0.1, -0.05) is 36.4 Å². The first-order valence-electron chi connectivity index (χ1n) is 11.9. The first kappa shape index (κ1) is 29.2. The second-order valence-corrected chi connectivity index (χ2v) is 13.7. The van der Waals surface area contributed by atoms with E-state index in [1.54, 1.807) is 0 Å². The van der Waals surface area contributed by atoms with Gasteiger partial charge in [0.05, 0.1) is 0 Å². The summed E-state index contributed by atoms with van der Waals surface area (Å²) < 4.78 is 18.1. The average molecular weight is 513 g/mol. The van der Waals surface area contributed by atoms with E-state index in [1.807, 2.05) is 0 Å². The number of benzene rings is 3. The Bertz CT molecular complexity index is 912. The van der Waals surface area contributed by atoms with Crippen molar-refractivity contribution in [1.82, 2.24) is 0 Å². The van der Waals surface area contributed by atoms with Crippen LogP contribution in [-0.4, -0.2) is 16.8 Å². The van der Waals surface area contributed by atoms with Gasteiger partial charge in [-0.15, -0.1) is 0 Å². The molecular weight excluding hydrogens is 470 g/mol. The summed E-state index contributed by atoms with van der Waals surface area (Å²) in [5.41, 5.74) is -0.673. The zero-order chi connectivity index (χ0) is 25.1. The van der Waals surface area contributed by atoms with Crippen molar-refractivity contribution in [1.29, 1.82) is 0 Å². The minimum absolute atomic E-state index is 0. The monoisotopic (exact) mass is 512 g/mol. The first-order valence-corrected chi connectivity index (χ1v) is 13.2. The number of ether oxygens (including phenoxy) is 3. The molecule has 0 heterocycles. The molecule has 35 heavy (non-hydrogen) atoms. The van der Waals surface area contributed by atoms with Crippen LogP contribution < -0.4 is 30.1 Å². The van der Waals surface area contributed by atoms with Gasteiger partial charge in [0.25, 0.3) is 0 Å². The predicted molar refractivity (Wildman–Crippen MR) is 157 cm³/mol. The largest absolute Gasteiger partial charge is 0.488 e. The maximum atomic E-state index is 6.05. The molecule has 0 radical (unpaired) electrons. The lowest BCUT2D eigenvalue weighted by molar-refractivity contribution is 0.130. The van der Waals surface area contributed by atoms with E-state index in [0.29, 0.717) is 0 Å². The summed E-state index contributed by atoms with van der Waals surface area (Å²) in [7, 11) is -0.749. The van der Waals surface area contributed by atoms with E-state index >= 15 is 0 Å². The normalized spacial score (nSPS) is 12.2. The van der Waals surface area contributed by atoms with Crippen molar-refractivity contribution in [3.63, 3.8) is 0 Å². The van der Waals surface area contributed by atoms with Gasteiger partial charge >= 0.3 is 0 Å². The lowest BCUT2D eigenvalue weighted by Gasteiger charge is -2.25. The molecule has 0 N–H and O–H groups in total. The van der Waals surface area contributed by atoms with Crippen LogP contribution in [0.3, 0.4) is 0 Å². The van der Waals surface area contributed by atoms with Gasteiger partial charge in [-0.05, 0) is 123 Å². The van der Waals surface area contributed by atoms with Crippen molar-refractivity contribution in [3.8, 4) is 17.2 Å². The maximum absolute atomic E-state index is 6.05. The van der Waals surface area contributed by atoms with Crippen molar-refractivity contribution >= 4 is 33.7 Å². The minimum atomic E-state index is -0.749. The molecule has 0 aliphatic rings. The minimum Gasteiger partial charge on any atom is -0.488 e. The Labute approximate surface area is 217 Å². The van der Waals surface area contributed by atoms with Crippen molar-refractivity contribution < 1.29 is 14.2 Å². The predicted octanol–water partition coefficient (Wildman–Crippen LogP) is 7.03. The molecular formula is C30H42O3P2. The summed E-state index contributed by atoms with van der Waals surface area (Å²) in [5, 5.41) is 3.81. The molecule has 3 nitrogen and oxygen atoms in total. The van der Waals surface area contributed by atoms with Gasteiger partial charge in [-0.25, -0.2) is 0 Å². The van der Waals surface area contributed by atoms with E-state index in [-0.39, 0.29) is 26.7 Å². The van der Waals surface area contributed by atoms with Gasteiger partial charge in [-0.2, -0.15) is 9.90 Å². The van der Waals surface area contributed by atoms with Crippen LogP contribution in [0.25, 0.3) is 0 Å². The van der Waals surface area contributed by atoms with Gasteiger partial charge < -0.3 is 14.2 Å². The van der Waals surface area contributed by atoms with Gasteiger partial charge in [0.1, 0.15) is 34.1 Å². The van der Waals surface area contributed by atoms with E-state index in [4.69, 9.17) is 14.2 Å². The molecule has 1 unspecified atom stereocenters. The van der Waals surface area contributed by atoms with E-state index < -0.39 is 7.92 Å². The molecule has 5 heteroatoms. The van der Waals surface area contributed by atoms with Crippen LogP contribution >= 0.6 is 17.8 Å². The van der Waals surface area contributed by atoms with Crippen molar-refractivity contribution in [3.05, 3.63) is 72.8 Å². The topological polar surface area (TPSA) is 27.7 Å². The average Bonchev–Trinajstić information content (AvgIpc) is 2.69. The Kier molecular flexibility index (Phi) is 9.43. The molecule has 3 rings (SSSR count). The standard InChI is InChI=1S/C30H39O3P.H3P/c1-28(2,3)31-22-10-16-25(17-11-22)34(26-18-12-23(13-19-26)32-29(4,5)6)27-20-14-24(15-21-27)33-30(7,8)9;/h10-21H,1-9H3;1H3.